The third-order valence-corrected chi connectivity index (χ3v) is 3.49. The van der Waals surface area contributed by atoms with E-state index >= 15 is 0 Å². The number of carbonyl (C=O) groups excluding carboxylic acids is 1. The molecule has 1 heterocycles. The minimum Gasteiger partial charge on any atom is -0.298 e. The van der Waals surface area contributed by atoms with Gasteiger partial charge in [-0.25, -0.2) is 4.39 Å². The van der Waals surface area contributed by atoms with Crippen LogP contribution in [0.2, 0.25) is 0 Å². The number of likely N-dealkylation sites (tertiary alicyclic amines) is 1. The fourth-order valence-corrected chi connectivity index (χ4v) is 2.59. The van der Waals surface area contributed by atoms with E-state index in [-0.39, 0.29) is 18.0 Å². The van der Waals surface area contributed by atoms with E-state index in [1.54, 1.807) is 18.2 Å². The van der Waals surface area contributed by atoms with Gasteiger partial charge in [-0.2, -0.15) is 0 Å². The number of halogens is 1. The van der Waals surface area contributed by atoms with Crippen molar-refractivity contribution in [1.82, 2.24) is 4.90 Å². The van der Waals surface area contributed by atoms with Crippen molar-refractivity contribution in [1.29, 1.82) is 0 Å². The molecule has 0 N–H and O–H groups in total. The summed E-state index contributed by atoms with van der Waals surface area (Å²) >= 11 is 0. The number of benzene rings is 1. The zero-order valence-electron chi connectivity index (χ0n) is 10.9. The van der Waals surface area contributed by atoms with E-state index in [0.29, 0.717) is 18.0 Å². The van der Waals surface area contributed by atoms with Gasteiger partial charge in [0, 0.05) is 13.0 Å². The molecule has 0 saturated carbocycles. The molecule has 2 rings (SSSR count). The molecular formula is C15H20FNO. The molecule has 0 aromatic heterocycles. The fraction of sp³-hybridized carbons (Fsp3) is 0.533. The van der Waals surface area contributed by atoms with Crippen LogP contribution in [0.1, 0.15) is 25.3 Å². The average molecular weight is 249 g/mol. The SMILES string of the molecule is CC1CCCN(CC(=O)Cc2ccccc2F)C1. The molecule has 98 valence electrons. The Balaban J connectivity index is 1.87. The summed E-state index contributed by atoms with van der Waals surface area (Å²) in [7, 11) is 0. The highest BCUT2D eigenvalue weighted by Crippen LogP contribution is 2.15. The Morgan fingerprint density at radius 2 is 2.22 bits per heavy atom. The fourth-order valence-electron chi connectivity index (χ4n) is 2.59. The molecule has 1 saturated heterocycles. The van der Waals surface area contributed by atoms with E-state index in [1.807, 2.05) is 0 Å². The summed E-state index contributed by atoms with van der Waals surface area (Å²) in [5.41, 5.74) is 0.507. The van der Waals surface area contributed by atoms with Crippen LogP contribution in [-0.2, 0) is 11.2 Å². The van der Waals surface area contributed by atoms with Gasteiger partial charge in [-0.15, -0.1) is 0 Å². The van der Waals surface area contributed by atoms with E-state index < -0.39 is 0 Å². The summed E-state index contributed by atoms with van der Waals surface area (Å²) in [6, 6.07) is 6.52. The second-order valence-electron chi connectivity index (χ2n) is 5.29. The first kappa shape index (κ1) is 13.2. The quantitative estimate of drug-likeness (QED) is 0.817. The molecule has 1 aromatic rings. The second kappa shape index (κ2) is 6.10. The van der Waals surface area contributed by atoms with Crippen molar-refractivity contribution in [3.05, 3.63) is 35.6 Å². The Bertz CT molecular complexity index is 419. The van der Waals surface area contributed by atoms with Crippen molar-refractivity contribution in [2.75, 3.05) is 19.6 Å². The first-order chi connectivity index (χ1) is 8.65. The highest BCUT2D eigenvalue weighted by molar-refractivity contribution is 5.82. The topological polar surface area (TPSA) is 20.3 Å². The number of ketones is 1. The van der Waals surface area contributed by atoms with Crippen molar-refractivity contribution >= 4 is 5.78 Å². The lowest BCUT2D eigenvalue weighted by molar-refractivity contribution is -0.120. The highest BCUT2D eigenvalue weighted by atomic mass is 19.1. The number of rotatable bonds is 4. The highest BCUT2D eigenvalue weighted by Gasteiger charge is 2.18. The number of nitrogens with zero attached hydrogens (tertiary/aromatic N) is 1. The van der Waals surface area contributed by atoms with Crippen molar-refractivity contribution in [3.63, 3.8) is 0 Å². The predicted molar refractivity (Wildman–Crippen MR) is 69.9 cm³/mol. The lowest BCUT2D eigenvalue weighted by Gasteiger charge is -2.30. The minimum absolute atomic E-state index is 0.106. The van der Waals surface area contributed by atoms with Crippen molar-refractivity contribution < 1.29 is 9.18 Å². The Hall–Kier alpha value is -1.22. The molecule has 1 fully saturated rings. The molecule has 0 spiro atoms. The Morgan fingerprint density at radius 3 is 2.94 bits per heavy atom. The Kier molecular flexibility index (Phi) is 4.48. The van der Waals surface area contributed by atoms with Gasteiger partial charge < -0.3 is 0 Å². The maximum absolute atomic E-state index is 13.4. The van der Waals surface area contributed by atoms with E-state index in [4.69, 9.17) is 0 Å². The summed E-state index contributed by atoms with van der Waals surface area (Å²) in [6.45, 7) is 4.66. The molecule has 0 bridgehead atoms. The van der Waals surface area contributed by atoms with E-state index in [2.05, 4.69) is 11.8 Å². The molecule has 0 aliphatic carbocycles. The normalized spacial score (nSPS) is 20.9. The summed E-state index contributed by atoms with van der Waals surface area (Å²) in [5, 5.41) is 0. The monoisotopic (exact) mass is 249 g/mol. The van der Waals surface area contributed by atoms with Crippen LogP contribution in [0.4, 0.5) is 4.39 Å². The van der Waals surface area contributed by atoms with Crippen LogP contribution in [0.3, 0.4) is 0 Å². The molecular weight excluding hydrogens is 229 g/mol. The third kappa shape index (κ3) is 3.64. The molecule has 0 radical (unpaired) electrons. The van der Waals surface area contributed by atoms with Crippen LogP contribution in [0, 0.1) is 11.7 Å². The van der Waals surface area contributed by atoms with Gasteiger partial charge in [0.1, 0.15) is 5.82 Å². The summed E-state index contributed by atoms with van der Waals surface area (Å²) in [5.74, 6) is 0.493. The van der Waals surface area contributed by atoms with Gasteiger partial charge in [-0.3, -0.25) is 9.69 Å². The predicted octanol–water partition coefficient (Wildman–Crippen LogP) is 2.67. The number of hydrogen-bond donors (Lipinski definition) is 0. The summed E-state index contributed by atoms with van der Waals surface area (Å²) in [4.78, 5) is 14.1. The zero-order chi connectivity index (χ0) is 13.0. The first-order valence-electron chi connectivity index (χ1n) is 6.62. The van der Waals surface area contributed by atoms with Crippen LogP contribution < -0.4 is 0 Å². The van der Waals surface area contributed by atoms with E-state index in [1.165, 1.54) is 12.5 Å². The summed E-state index contributed by atoms with van der Waals surface area (Å²) in [6.07, 6.45) is 2.61. The van der Waals surface area contributed by atoms with E-state index in [0.717, 1.165) is 19.5 Å². The number of hydrogen-bond acceptors (Lipinski definition) is 2. The standard InChI is InChI=1S/C15H20FNO/c1-12-5-4-8-17(10-12)11-14(18)9-13-6-2-3-7-15(13)16/h2-3,6-7,12H,4-5,8-11H2,1H3. The average Bonchev–Trinajstić information content (AvgIpc) is 2.32. The van der Waals surface area contributed by atoms with Crippen molar-refractivity contribution in [2.45, 2.75) is 26.2 Å². The Morgan fingerprint density at radius 1 is 1.44 bits per heavy atom. The lowest BCUT2D eigenvalue weighted by Crippen LogP contribution is -2.38. The van der Waals surface area contributed by atoms with Crippen molar-refractivity contribution in [2.24, 2.45) is 5.92 Å². The molecule has 1 aromatic carbocycles. The van der Waals surface area contributed by atoms with Crippen LogP contribution in [-0.4, -0.2) is 30.3 Å². The van der Waals surface area contributed by atoms with Gasteiger partial charge in [0.2, 0.25) is 0 Å². The van der Waals surface area contributed by atoms with Gasteiger partial charge in [0.15, 0.2) is 5.78 Å². The molecule has 2 nitrogen and oxygen atoms in total. The van der Waals surface area contributed by atoms with Crippen LogP contribution in [0.25, 0.3) is 0 Å². The molecule has 1 aliphatic heterocycles. The molecule has 0 amide bonds. The molecule has 1 unspecified atom stereocenters. The molecule has 3 heteroatoms. The van der Waals surface area contributed by atoms with E-state index in [9.17, 15) is 9.18 Å². The maximum atomic E-state index is 13.4. The second-order valence-corrected chi connectivity index (χ2v) is 5.29. The maximum Gasteiger partial charge on any atom is 0.151 e. The smallest absolute Gasteiger partial charge is 0.151 e. The zero-order valence-corrected chi connectivity index (χ0v) is 10.9. The number of piperidine rings is 1. The lowest BCUT2D eigenvalue weighted by atomic mass is 9.99. The summed E-state index contributed by atoms with van der Waals surface area (Å²) < 4.78 is 13.4. The van der Waals surface area contributed by atoms with Crippen LogP contribution >= 0.6 is 0 Å². The van der Waals surface area contributed by atoms with Crippen LogP contribution in [0.15, 0.2) is 24.3 Å². The van der Waals surface area contributed by atoms with Gasteiger partial charge in [0.25, 0.3) is 0 Å². The molecule has 1 atom stereocenters. The van der Waals surface area contributed by atoms with Crippen molar-refractivity contribution in [3.8, 4) is 0 Å². The minimum atomic E-state index is -0.280. The van der Waals surface area contributed by atoms with Gasteiger partial charge in [-0.1, -0.05) is 25.1 Å². The molecule has 1 aliphatic rings. The van der Waals surface area contributed by atoms with Gasteiger partial charge >= 0.3 is 0 Å². The largest absolute Gasteiger partial charge is 0.298 e. The van der Waals surface area contributed by atoms with Crippen LogP contribution in [0.5, 0.6) is 0 Å². The van der Waals surface area contributed by atoms with Gasteiger partial charge in [0.05, 0.1) is 6.54 Å². The Labute approximate surface area is 108 Å². The van der Waals surface area contributed by atoms with Gasteiger partial charge in [-0.05, 0) is 36.9 Å². The molecule has 18 heavy (non-hydrogen) atoms. The number of Topliss-reactive ketones (excluding diaryl/α,β-unsaturated/α-hetero) is 1. The number of carbonyl (C=O) groups is 1. The first-order valence-corrected chi connectivity index (χ1v) is 6.62. The third-order valence-electron chi connectivity index (χ3n) is 3.49.